The Bertz CT molecular complexity index is 414. The number of hydrogen-bond donors (Lipinski definition) is 3. The van der Waals surface area contributed by atoms with Crippen molar-refractivity contribution in [3.63, 3.8) is 0 Å². The molecule has 0 aromatic carbocycles. The third-order valence-electron chi connectivity index (χ3n) is 3.26. The second-order valence-electron chi connectivity index (χ2n) is 5.49. The normalized spacial score (nSPS) is 15.9. The third-order valence-corrected chi connectivity index (χ3v) is 3.26. The van der Waals surface area contributed by atoms with E-state index in [4.69, 9.17) is 5.73 Å². The first kappa shape index (κ1) is 14.0. The zero-order valence-electron chi connectivity index (χ0n) is 12.0. The summed E-state index contributed by atoms with van der Waals surface area (Å²) in [5.41, 5.74) is 6.74. The van der Waals surface area contributed by atoms with Crippen molar-refractivity contribution in [1.82, 2.24) is 20.6 Å². The standard InChI is InChI=1S/C13H24N6/c1-9(2)5-16-6-10-4-12(18-13(14)17-10)19-7-11(8-19)15-3/h4,9,11,15-16H,5-8H2,1-3H3,(H2,14,17,18). The molecule has 2 heterocycles. The summed E-state index contributed by atoms with van der Waals surface area (Å²) in [5, 5.41) is 6.62. The predicted octanol–water partition coefficient (Wildman–Crippen LogP) is 0.212. The molecule has 4 N–H and O–H groups in total. The second kappa shape index (κ2) is 6.16. The van der Waals surface area contributed by atoms with Gasteiger partial charge in [0.05, 0.1) is 5.69 Å². The van der Waals surface area contributed by atoms with E-state index in [2.05, 4.69) is 39.3 Å². The van der Waals surface area contributed by atoms with E-state index in [1.807, 2.05) is 13.1 Å². The Morgan fingerprint density at radius 3 is 2.79 bits per heavy atom. The first-order valence-electron chi connectivity index (χ1n) is 6.85. The van der Waals surface area contributed by atoms with Gasteiger partial charge in [-0.25, -0.2) is 4.98 Å². The van der Waals surface area contributed by atoms with Crippen LogP contribution in [0.4, 0.5) is 11.8 Å². The predicted molar refractivity (Wildman–Crippen MR) is 78.0 cm³/mol. The summed E-state index contributed by atoms with van der Waals surface area (Å²) in [7, 11) is 1.98. The maximum Gasteiger partial charge on any atom is 0.222 e. The van der Waals surface area contributed by atoms with Gasteiger partial charge in [-0.15, -0.1) is 0 Å². The van der Waals surface area contributed by atoms with Gasteiger partial charge < -0.3 is 21.3 Å². The highest BCUT2D eigenvalue weighted by atomic mass is 15.3. The van der Waals surface area contributed by atoms with Crippen LogP contribution in [0.25, 0.3) is 0 Å². The molecule has 2 rings (SSSR count). The average molecular weight is 264 g/mol. The fourth-order valence-electron chi connectivity index (χ4n) is 2.09. The van der Waals surface area contributed by atoms with Gasteiger partial charge >= 0.3 is 0 Å². The Balaban J connectivity index is 1.95. The summed E-state index contributed by atoms with van der Waals surface area (Å²) < 4.78 is 0. The molecule has 1 aliphatic heterocycles. The van der Waals surface area contributed by atoms with E-state index in [1.165, 1.54) is 0 Å². The Kier molecular flexibility index (Phi) is 4.55. The molecule has 0 saturated carbocycles. The Morgan fingerprint density at radius 1 is 1.42 bits per heavy atom. The summed E-state index contributed by atoms with van der Waals surface area (Å²) >= 11 is 0. The van der Waals surface area contributed by atoms with Gasteiger partial charge in [0.1, 0.15) is 5.82 Å². The molecule has 0 spiro atoms. The lowest BCUT2D eigenvalue weighted by Gasteiger charge is -2.40. The maximum absolute atomic E-state index is 5.78. The van der Waals surface area contributed by atoms with E-state index >= 15 is 0 Å². The molecule has 106 valence electrons. The van der Waals surface area contributed by atoms with Crippen molar-refractivity contribution in [2.45, 2.75) is 26.4 Å². The lowest BCUT2D eigenvalue weighted by atomic mass is 10.1. The van der Waals surface area contributed by atoms with Crippen LogP contribution in [0.3, 0.4) is 0 Å². The largest absolute Gasteiger partial charge is 0.368 e. The number of hydrogen-bond acceptors (Lipinski definition) is 6. The number of anilines is 2. The third kappa shape index (κ3) is 3.78. The lowest BCUT2D eigenvalue weighted by Crippen LogP contribution is -2.57. The minimum absolute atomic E-state index is 0.353. The highest BCUT2D eigenvalue weighted by Crippen LogP contribution is 2.19. The van der Waals surface area contributed by atoms with Crippen molar-refractivity contribution in [3.05, 3.63) is 11.8 Å². The van der Waals surface area contributed by atoms with E-state index in [9.17, 15) is 0 Å². The van der Waals surface area contributed by atoms with Gasteiger partial charge in [0, 0.05) is 31.7 Å². The molecule has 19 heavy (non-hydrogen) atoms. The smallest absolute Gasteiger partial charge is 0.222 e. The molecule has 0 unspecified atom stereocenters. The Morgan fingerprint density at radius 2 is 2.16 bits per heavy atom. The zero-order valence-corrected chi connectivity index (χ0v) is 12.0. The van der Waals surface area contributed by atoms with Crippen molar-refractivity contribution >= 4 is 11.8 Å². The number of nitrogens with zero attached hydrogens (tertiary/aromatic N) is 3. The summed E-state index contributed by atoms with van der Waals surface area (Å²) in [6, 6.07) is 2.58. The summed E-state index contributed by atoms with van der Waals surface area (Å²) in [4.78, 5) is 10.8. The van der Waals surface area contributed by atoms with E-state index < -0.39 is 0 Å². The number of nitrogen functional groups attached to an aromatic ring is 1. The van der Waals surface area contributed by atoms with Crippen molar-refractivity contribution in [3.8, 4) is 0 Å². The van der Waals surface area contributed by atoms with Crippen LogP contribution >= 0.6 is 0 Å². The van der Waals surface area contributed by atoms with Crippen molar-refractivity contribution < 1.29 is 0 Å². The fourth-order valence-corrected chi connectivity index (χ4v) is 2.09. The van der Waals surface area contributed by atoms with Gasteiger partial charge in [0.25, 0.3) is 0 Å². The number of likely N-dealkylation sites (N-methyl/N-ethyl adjacent to an activating group) is 1. The monoisotopic (exact) mass is 264 g/mol. The molecule has 0 bridgehead atoms. The average Bonchev–Trinajstić information content (AvgIpc) is 2.26. The Labute approximate surface area is 114 Å². The second-order valence-corrected chi connectivity index (χ2v) is 5.49. The molecule has 1 aromatic rings. The molecule has 0 radical (unpaired) electrons. The van der Waals surface area contributed by atoms with Crippen molar-refractivity contribution in [2.24, 2.45) is 5.92 Å². The molecule has 6 nitrogen and oxygen atoms in total. The van der Waals surface area contributed by atoms with Crippen LogP contribution in [-0.2, 0) is 6.54 Å². The Hall–Kier alpha value is -1.40. The molecule has 1 aliphatic rings. The van der Waals surface area contributed by atoms with E-state index in [-0.39, 0.29) is 0 Å². The molecule has 1 saturated heterocycles. The van der Waals surface area contributed by atoms with Crippen LogP contribution in [0, 0.1) is 5.92 Å². The number of rotatable bonds is 6. The molecule has 1 aromatic heterocycles. The van der Waals surface area contributed by atoms with Gasteiger partial charge in [-0.2, -0.15) is 4.98 Å². The highest BCUT2D eigenvalue weighted by Gasteiger charge is 2.26. The minimum Gasteiger partial charge on any atom is -0.368 e. The molecule has 0 aliphatic carbocycles. The van der Waals surface area contributed by atoms with Gasteiger partial charge in [0.2, 0.25) is 5.95 Å². The lowest BCUT2D eigenvalue weighted by molar-refractivity contribution is 0.447. The quantitative estimate of drug-likeness (QED) is 0.682. The summed E-state index contributed by atoms with van der Waals surface area (Å²) in [5.74, 6) is 1.91. The fraction of sp³-hybridized carbons (Fsp3) is 0.692. The van der Waals surface area contributed by atoms with Gasteiger partial charge in [0.15, 0.2) is 0 Å². The maximum atomic E-state index is 5.78. The van der Waals surface area contributed by atoms with Crippen molar-refractivity contribution in [1.29, 1.82) is 0 Å². The van der Waals surface area contributed by atoms with E-state index in [1.54, 1.807) is 0 Å². The van der Waals surface area contributed by atoms with Gasteiger partial charge in [-0.05, 0) is 19.5 Å². The topological polar surface area (TPSA) is 79.1 Å². The first-order valence-corrected chi connectivity index (χ1v) is 6.85. The SMILES string of the molecule is CNC1CN(c2cc(CNCC(C)C)nc(N)n2)C1. The van der Waals surface area contributed by atoms with Crippen LogP contribution in [0.2, 0.25) is 0 Å². The van der Waals surface area contributed by atoms with Crippen LogP contribution in [0.5, 0.6) is 0 Å². The number of nitrogens with one attached hydrogen (secondary N) is 2. The number of aromatic nitrogens is 2. The van der Waals surface area contributed by atoms with E-state index in [0.717, 1.165) is 37.7 Å². The molecule has 0 amide bonds. The molecular weight excluding hydrogens is 240 g/mol. The molecule has 1 fully saturated rings. The zero-order chi connectivity index (χ0) is 13.8. The van der Waals surface area contributed by atoms with Crippen LogP contribution in [0.1, 0.15) is 19.5 Å². The van der Waals surface area contributed by atoms with E-state index in [0.29, 0.717) is 17.9 Å². The van der Waals surface area contributed by atoms with Gasteiger partial charge in [-0.3, -0.25) is 0 Å². The van der Waals surface area contributed by atoms with Crippen LogP contribution in [-0.4, -0.2) is 42.7 Å². The summed E-state index contributed by atoms with van der Waals surface area (Å²) in [6.45, 7) is 8.04. The summed E-state index contributed by atoms with van der Waals surface area (Å²) in [6.07, 6.45) is 0. The van der Waals surface area contributed by atoms with Crippen LogP contribution < -0.4 is 21.3 Å². The molecule has 6 heteroatoms. The number of nitrogens with two attached hydrogens (primary N) is 1. The van der Waals surface area contributed by atoms with Crippen molar-refractivity contribution in [2.75, 3.05) is 37.3 Å². The highest BCUT2D eigenvalue weighted by molar-refractivity contribution is 5.46. The molecular formula is C13H24N6. The first-order chi connectivity index (χ1) is 9.08. The minimum atomic E-state index is 0.353. The molecule has 0 atom stereocenters. The van der Waals surface area contributed by atoms with Gasteiger partial charge in [-0.1, -0.05) is 13.8 Å². The van der Waals surface area contributed by atoms with Crippen LogP contribution in [0.15, 0.2) is 6.07 Å².